The Hall–Kier alpha value is -1.64. The molecule has 1 N–H and O–H groups in total. The van der Waals surface area contributed by atoms with Crippen molar-refractivity contribution in [2.45, 2.75) is 64.4 Å². The van der Waals surface area contributed by atoms with Crippen LogP contribution in [0.3, 0.4) is 0 Å². The van der Waals surface area contributed by atoms with Crippen LogP contribution >= 0.6 is 0 Å². The van der Waals surface area contributed by atoms with Crippen molar-refractivity contribution in [3.63, 3.8) is 0 Å². The lowest BCUT2D eigenvalue weighted by Gasteiger charge is -2.48. The summed E-state index contributed by atoms with van der Waals surface area (Å²) in [6.45, 7) is 4.69. The van der Waals surface area contributed by atoms with Gasteiger partial charge in [0.15, 0.2) is 11.5 Å². The zero-order valence-electron chi connectivity index (χ0n) is 15.0. The number of rotatable bonds is 1. The van der Waals surface area contributed by atoms with Crippen molar-refractivity contribution in [2.24, 2.45) is 11.8 Å². The number of aromatic hydroxyl groups is 1. The van der Waals surface area contributed by atoms with Gasteiger partial charge in [0.2, 0.25) is 5.75 Å². The number of ether oxygens (including phenoxy) is 2. The molecule has 1 spiro atoms. The lowest BCUT2D eigenvalue weighted by Crippen LogP contribution is -2.45. The topological polar surface area (TPSA) is 38.7 Å². The van der Waals surface area contributed by atoms with Gasteiger partial charge in [-0.15, -0.1) is 0 Å². The Labute approximate surface area is 144 Å². The van der Waals surface area contributed by atoms with E-state index in [0.29, 0.717) is 11.5 Å². The van der Waals surface area contributed by atoms with E-state index in [-0.39, 0.29) is 11.4 Å². The maximum Gasteiger partial charge on any atom is 0.201 e. The molecule has 0 aromatic heterocycles. The number of benzene rings is 1. The van der Waals surface area contributed by atoms with Crippen molar-refractivity contribution < 1.29 is 14.6 Å². The largest absolute Gasteiger partial charge is 0.502 e. The van der Waals surface area contributed by atoms with Gasteiger partial charge in [-0.25, -0.2) is 0 Å². The normalized spacial score (nSPS) is 32.1. The van der Waals surface area contributed by atoms with Crippen LogP contribution in [0, 0.1) is 11.8 Å². The molecule has 3 aliphatic rings. The Morgan fingerprint density at radius 1 is 1.12 bits per heavy atom. The lowest BCUT2D eigenvalue weighted by atomic mass is 9.67. The van der Waals surface area contributed by atoms with E-state index in [0.717, 1.165) is 43.1 Å². The number of hydrogen-bond donors (Lipinski definition) is 1. The van der Waals surface area contributed by atoms with E-state index in [1.54, 1.807) is 7.11 Å². The molecule has 0 bridgehead atoms. The standard InChI is InChI=1S/C21H28O3/c1-13-8-10-21(11-9-13)17-12-14(2)4-5-15(17)16-6-7-18(23-3)19(22)20(16)24-21/h6-7,13-14,22H,4-5,8-12H2,1-3H3. The van der Waals surface area contributed by atoms with Crippen molar-refractivity contribution in [3.05, 3.63) is 23.3 Å². The van der Waals surface area contributed by atoms with Gasteiger partial charge < -0.3 is 14.6 Å². The summed E-state index contributed by atoms with van der Waals surface area (Å²) >= 11 is 0. The number of fused-ring (bicyclic) bond motifs is 3. The molecule has 0 radical (unpaired) electrons. The Bertz CT molecular complexity index is 681. The van der Waals surface area contributed by atoms with Gasteiger partial charge in [-0.1, -0.05) is 13.8 Å². The summed E-state index contributed by atoms with van der Waals surface area (Å²) in [6.07, 6.45) is 7.98. The van der Waals surface area contributed by atoms with Crippen LogP contribution < -0.4 is 9.47 Å². The van der Waals surface area contributed by atoms with Gasteiger partial charge in [0.25, 0.3) is 0 Å². The van der Waals surface area contributed by atoms with Crippen molar-refractivity contribution in [1.29, 1.82) is 0 Å². The molecule has 1 aromatic carbocycles. The predicted octanol–water partition coefficient (Wildman–Crippen LogP) is 5.32. The molecule has 1 atom stereocenters. The summed E-state index contributed by atoms with van der Waals surface area (Å²) in [7, 11) is 1.59. The smallest absolute Gasteiger partial charge is 0.201 e. The van der Waals surface area contributed by atoms with Crippen LogP contribution in [0.5, 0.6) is 17.2 Å². The molecular formula is C21H28O3. The van der Waals surface area contributed by atoms with Crippen molar-refractivity contribution in [3.8, 4) is 17.2 Å². The molecule has 1 fully saturated rings. The molecule has 1 aromatic rings. The Morgan fingerprint density at radius 2 is 1.88 bits per heavy atom. The third-order valence-corrected chi connectivity index (χ3v) is 6.37. The summed E-state index contributed by atoms with van der Waals surface area (Å²) in [4.78, 5) is 0. The molecule has 1 saturated carbocycles. The van der Waals surface area contributed by atoms with Crippen molar-refractivity contribution >= 4 is 5.57 Å². The minimum Gasteiger partial charge on any atom is -0.502 e. The highest BCUT2D eigenvalue weighted by Crippen LogP contribution is 2.56. The van der Waals surface area contributed by atoms with E-state index in [2.05, 4.69) is 19.9 Å². The number of phenols is 1. The molecular weight excluding hydrogens is 300 g/mol. The number of hydrogen-bond acceptors (Lipinski definition) is 3. The van der Waals surface area contributed by atoms with Crippen molar-refractivity contribution in [1.82, 2.24) is 0 Å². The van der Waals surface area contributed by atoms with Gasteiger partial charge >= 0.3 is 0 Å². The second-order valence-corrected chi connectivity index (χ2v) is 8.08. The number of phenolic OH excluding ortho intramolecular Hbond substituents is 1. The second kappa shape index (κ2) is 5.72. The molecule has 0 amide bonds. The summed E-state index contributed by atoms with van der Waals surface area (Å²) < 4.78 is 11.9. The fraction of sp³-hybridized carbons (Fsp3) is 0.619. The lowest BCUT2D eigenvalue weighted by molar-refractivity contribution is 0.0390. The third-order valence-electron chi connectivity index (χ3n) is 6.37. The fourth-order valence-corrected chi connectivity index (χ4v) is 4.82. The zero-order chi connectivity index (χ0) is 16.9. The van der Waals surface area contributed by atoms with Crippen molar-refractivity contribution in [2.75, 3.05) is 7.11 Å². The SMILES string of the molecule is COc1ccc2c(c1O)OC1(CCC(C)CC1)C1=C2CCC(C)C1. The van der Waals surface area contributed by atoms with Crippen LogP contribution in [0.1, 0.15) is 64.4 Å². The highest BCUT2D eigenvalue weighted by Gasteiger charge is 2.46. The third kappa shape index (κ3) is 2.32. The molecule has 1 unspecified atom stereocenters. The minimum absolute atomic E-state index is 0.165. The van der Waals surface area contributed by atoms with E-state index in [4.69, 9.17) is 9.47 Å². The summed E-state index contributed by atoms with van der Waals surface area (Å²) in [5.74, 6) is 2.80. The first kappa shape index (κ1) is 15.9. The maximum atomic E-state index is 10.7. The molecule has 3 nitrogen and oxygen atoms in total. The average molecular weight is 328 g/mol. The van der Waals surface area contributed by atoms with Gasteiger partial charge in [-0.2, -0.15) is 0 Å². The first-order chi connectivity index (χ1) is 11.5. The molecule has 1 aliphatic heterocycles. The van der Waals surface area contributed by atoms with E-state index in [1.165, 1.54) is 30.4 Å². The fourth-order valence-electron chi connectivity index (χ4n) is 4.82. The van der Waals surface area contributed by atoms with Gasteiger partial charge in [0.05, 0.1) is 7.11 Å². The second-order valence-electron chi connectivity index (χ2n) is 8.08. The van der Waals surface area contributed by atoms with Crippen LogP contribution in [0.25, 0.3) is 5.57 Å². The van der Waals surface area contributed by atoms with Crippen LogP contribution in [0.2, 0.25) is 0 Å². The highest BCUT2D eigenvalue weighted by molar-refractivity contribution is 5.80. The molecule has 3 heteroatoms. The highest BCUT2D eigenvalue weighted by atomic mass is 16.5. The van der Waals surface area contributed by atoms with Crippen LogP contribution in [-0.4, -0.2) is 17.8 Å². The Balaban J connectivity index is 1.87. The number of methoxy groups -OCH3 is 1. The molecule has 0 saturated heterocycles. The molecule has 24 heavy (non-hydrogen) atoms. The van der Waals surface area contributed by atoms with Gasteiger partial charge in [0.1, 0.15) is 5.60 Å². The monoisotopic (exact) mass is 328 g/mol. The summed E-state index contributed by atoms with van der Waals surface area (Å²) in [5, 5.41) is 10.7. The van der Waals surface area contributed by atoms with E-state index >= 15 is 0 Å². The maximum absolute atomic E-state index is 10.7. The first-order valence-electron chi connectivity index (χ1n) is 9.36. The predicted molar refractivity (Wildman–Crippen MR) is 95.6 cm³/mol. The van der Waals surface area contributed by atoms with Crippen LogP contribution in [-0.2, 0) is 0 Å². The van der Waals surface area contributed by atoms with Crippen LogP contribution in [0.4, 0.5) is 0 Å². The van der Waals surface area contributed by atoms with Gasteiger partial charge in [-0.3, -0.25) is 0 Å². The average Bonchev–Trinajstić information content (AvgIpc) is 2.59. The van der Waals surface area contributed by atoms with E-state index in [1.807, 2.05) is 6.07 Å². The molecule has 4 rings (SSSR count). The van der Waals surface area contributed by atoms with Gasteiger partial charge in [-0.05, 0) is 80.1 Å². The zero-order valence-corrected chi connectivity index (χ0v) is 15.0. The molecule has 130 valence electrons. The minimum atomic E-state index is -0.201. The first-order valence-corrected chi connectivity index (χ1v) is 9.36. The summed E-state index contributed by atoms with van der Waals surface area (Å²) in [5.41, 5.74) is 3.83. The Morgan fingerprint density at radius 3 is 2.58 bits per heavy atom. The number of allylic oxidation sites excluding steroid dienone is 1. The summed E-state index contributed by atoms with van der Waals surface area (Å²) in [6, 6.07) is 3.93. The van der Waals surface area contributed by atoms with E-state index in [9.17, 15) is 5.11 Å². The quantitative estimate of drug-likeness (QED) is 0.758. The van der Waals surface area contributed by atoms with Crippen LogP contribution in [0.15, 0.2) is 17.7 Å². The van der Waals surface area contributed by atoms with Gasteiger partial charge in [0, 0.05) is 5.56 Å². The molecule has 2 aliphatic carbocycles. The Kier molecular flexibility index (Phi) is 3.78. The molecule has 1 heterocycles. The van der Waals surface area contributed by atoms with E-state index < -0.39 is 0 Å².